The van der Waals surface area contributed by atoms with Gasteiger partial charge in [-0.15, -0.1) is 0 Å². The molecule has 0 bridgehead atoms. The van der Waals surface area contributed by atoms with Crippen molar-refractivity contribution in [2.75, 3.05) is 38.0 Å². The molecule has 4 rings (SSSR count). The van der Waals surface area contributed by atoms with Crippen molar-refractivity contribution >= 4 is 15.8 Å². The Bertz CT molecular complexity index is 938. The predicted molar refractivity (Wildman–Crippen MR) is 109 cm³/mol. The third-order valence-corrected chi connectivity index (χ3v) is 7.10. The number of pyridine rings is 1. The van der Waals surface area contributed by atoms with Gasteiger partial charge in [-0.2, -0.15) is 4.98 Å². The highest BCUT2D eigenvalue weighted by molar-refractivity contribution is 7.90. The molecule has 3 heterocycles. The zero-order valence-electron chi connectivity index (χ0n) is 17.4. The van der Waals surface area contributed by atoms with Crippen LogP contribution >= 0.6 is 0 Å². The first-order valence-electron chi connectivity index (χ1n) is 10.3. The molecule has 0 N–H and O–H groups in total. The smallest absolute Gasteiger partial charge is 0.266 e. The predicted octanol–water partition coefficient (Wildman–Crippen LogP) is 2.34. The first kappa shape index (κ1) is 21.0. The van der Waals surface area contributed by atoms with Crippen LogP contribution < -0.4 is 9.64 Å². The quantitative estimate of drug-likeness (QED) is 0.585. The molecule has 2 aromatic heterocycles. The molecular weight excluding hydrogens is 408 g/mol. The Morgan fingerprint density at radius 3 is 2.73 bits per heavy atom. The molecule has 30 heavy (non-hydrogen) atoms. The van der Waals surface area contributed by atoms with Crippen LogP contribution in [0.4, 0.5) is 5.95 Å². The summed E-state index contributed by atoms with van der Waals surface area (Å²) in [5, 5.41) is 4.05. The summed E-state index contributed by atoms with van der Waals surface area (Å²) >= 11 is 0. The fourth-order valence-electron chi connectivity index (χ4n) is 4.25. The first-order valence-corrected chi connectivity index (χ1v) is 12.2. The Kier molecular flexibility index (Phi) is 6.24. The van der Waals surface area contributed by atoms with E-state index in [-0.39, 0.29) is 4.90 Å². The molecule has 1 saturated heterocycles. The topological polar surface area (TPSA) is 108 Å². The SMILES string of the molecule is COCc1nc(N2CCC([C@H]3C[C@H]3CCOc3ccc(S(C)(=O)=O)cn3)CC2)no1. The number of ether oxygens (including phenoxy) is 2. The Balaban J connectivity index is 1.17. The van der Waals surface area contributed by atoms with E-state index in [0.717, 1.165) is 44.2 Å². The van der Waals surface area contributed by atoms with Crippen LogP contribution in [0.5, 0.6) is 5.88 Å². The fraction of sp³-hybridized carbons (Fsp3) is 0.650. The second kappa shape index (κ2) is 8.89. The molecular formula is C20H28N4O5S. The summed E-state index contributed by atoms with van der Waals surface area (Å²) in [6.45, 7) is 2.85. The lowest BCUT2D eigenvalue weighted by atomic mass is 9.90. The molecule has 10 heteroatoms. The van der Waals surface area contributed by atoms with Gasteiger partial charge in [-0.25, -0.2) is 13.4 Å². The molecule has 2 aromatic rings. The van der Waals surface area contributed by atoms with Gasteiger partial charge in [-0.05, 0) is 54.7 Å². The zero-order chi connectivity index (χ0) is 21.1. The summed E-state index contributed by atoms with van der Waals surface area (Å²) < 4.78 is 38.9. The standard InChI is InChI=1S/C20H28N4O5S/c1-27-13-19-22-20(23-29-19)24-8-5-14(6-9-24)17-11-15(17)7-10-28-18-4-3-16(12-21-18)30(2,25)26/h3-4,12,14-15,17H,5-11,13H2,1-2H3/t15-,17-/m1/s1. The molecule has 0 amide bonds. The highest BCUT2D eigenvalue weighted by Gasteiger charge is 2.43. The number of methoxy groups -OCH3 is 1. The molecule has 164 valence electrons. The second-order valence-electron chi connectivity index (χ2n) is 8.15. The molecule has 0 spiro atoms. The van der Waals surface area contributed by atoms with E-state index in [1.54, 1.807) is 13.2 Å². The van der Waals surface area contributed by atoms with Crippen LogP contribution in [0.1, 0.15) is 31.6 Å². The molecule has 0 unspecified atom stereocenters. The molecule has 9 nitrogen and oxygen atoms in total. The average Bonchev–Trinajstić information content (AvgIpc) is 3.35. The van der Waals surface area contributed by atoms with Gasteiger partial charge in [0.05, 0.1) is 11.5 Å². The van der Waals surface area contributed by atoms with Gasteiger partial charge < -0.3 is 18.9 Å². The van der Waals surface area contributed by atoms with Gasteiger partial charge in [0.1, 0.15) is 6.61 Å². The van der Waals surface area contributed by atoms with Crippen LogP contribution in [0, 0.1) is 17.8 Å². The number of piperidine rings is 1. The van der Waals surface area contributed by atoms with Crippen molar-refractivity contribution < 1.29 is 22.4 Å². The number of sulfone groups is 1. The van der Waals surface area contributed by atoms with E-state index in [9.17, 15) is 8.42 Å². The maximum absolute atomic E-state index is 11.5. The Labute approximate surface area is 176 Å². The molecule has 2 aliphatic rings. The lowest BCUT2D eigenvalue weighted by Gasteiger charge is -2.31. The Morgan fingerprint density at radius 1 is 1.27 bits per heavy atom. The van der Waals surface area contributed by atoms with Crippen molar-refractivity contribution in [2.45, 2.75) is 37.2 Å². The molecule has 1 saturated carbocycles. The van der Waals surface area contributed by atoms with Crippen molar-refractivity contribution in [3.63, 3.8) is 0 Å². The van der Waals surface area contributed by atoms with Gasteiger partial charge in [0.15, 0.2) is 9.84 Å². The molecule has 1 aliphatic heterocycles. The van der Waals surface area contributed by atoms with Gasteiger partial charge in [-0.3, -0.25) is 0 Å². The van der Waals surface area contributed by atoms with E-state index in [0.29, 0.717) is 36.9 Å². The number of hydrogen-bond acceptors (Lipinski definition) is 9. The summed E-state index contributed by atoms with van der Waals surface area (Å²) in [6.07, 6.45) is 7.07. The lowest BCUT2D eigenvalue weighted by Crippen LogP contribution is -2.35. The number of hydrogen-bond donors (Lipinski definition) is 0. The van der Waals surface area contributed by atoms with E-state index in [2.05, 4.69) is 20.0 Å². The number of aromatic nitrogens is 3. The molecule has 2 fully saturated rings. The van der Waals surface area contributed by atoms with Crippen LogP contribution in [0.2, 0.25) is 0 Å². The zero-order valence-corrected chi connectivity index (χ0v) is 18.2. The maximum Gasteiger partial charge on any atom is 0.266 e. The largest absolute Gasteiger partial charge is 0.478 e. The summed E-state index contributed by atoms with van der Waals surface area (Å²) in [5.41, 5.74) is 0. The van der Waals surface area contributed by atoms with Crippen molar-refractivity contribution in [1.29, 1.82) is 0 Å². The van der Waals surface area contributed by atoms with E-state index >= 15 is 0 Å². The van der Waals surface area contributed by atoms with Crippen LogP contribution in [0.15, 0.2) is 27.7 Å². The Morgan fingerprint density at radius 2 is 2.07 bits per heavy atom. The van der Waals surface area contributed by atoms with Crippen molar-refractivity contribution in [2.24, 2.45) is 17.8 Å². The highest BCUT2D eigenvalue weighted by atomic mass is 32.2. The van der Waals surface area contributed by atoms with E-state index < -0.39 is 9.84 Å². The van der Waals surface area contributed by atoms with E-state index in [1.165, 1.54) is 24.9 Å². The van der Waals surface area contributed by atoms with Gasteiger partial charge in [0.2, 0.25) is 5.88 Å². The van der Waals surface area contributed by atoms with Gasteiger partial charge in [0.25, 0.3) is 11.8 Å². The summed E-state index contributed by atoms with van der Waals surface area (Å²) in [5.74, 6) is 3.86. The molecule has 0 aromatic carbocycles. The first-order chi connectivity index (χ1) is 14.4. The number of nitrogens with zero attached hydrogens (tertiary/aromatic N) is 4. The van der Waals surface area contributed by atoms with E-state index in [4.69, 9.17) is 14.0 Å². The minimum absolute atomic E-state index is 0.208. The third kappa shape index (κ3) is 5.10. The van der Waals surface area contributed by atoms with Crippen molar-refractivity contribution in [3.8, 4) is 5.88 Å². The normalized spacial score (nSPS) is 22.3. The van der Waals surface area contributed by atoms with Gasteiger partial charge >= 0.3 is 0 Å². The minimum Gasteiger partial charge on any atom is -0.478 e. The van der Waals surface area contributed by atoms with Crippen LogP contribution in [-0.4, -0.2) is 56.6 Å². The average molecular weight is 437 g/mol. The van der Waals surface area contributed by atoms with Crippen LogP contribution in [-0.2, 0) is 21.2 Å². The molecule has 1 aliphatic carbocycles. The van der Waals surface area contributed by atoms with Crippen LogP contribution in [0.25, 0.3) is 0 Å². The molecule has 2 atom stereocenters. The fourth-order valence-corrected chi connectivity index (χ4v) is 4.81. The molecule has 0 radical (unpaired) electrons. The lowest BCUT2D eigenvalue weighted by molar-refractivity contribution is 0.151. The van der Waals surface area contributed by atoms with E-state index in [1.807, 2.05) is 0 Å². The number of rotatable bonds is 9. The van der Waals surface area contributed by atoms with Gasteiger partial charge in [-0.1, -0.05) is 0 Å². The summed E-state index contributed by atoms with van der Waals surface area (Å²) in [4.78, 5) is 10.9. The van der Waals surface area contributed by atoms with Crippen LogP contribution in [0.3, 0.4) is 0 Å². The maximum atomic E-state index is 11.5. The highest BCUT2D eigenvalue weighted by Crippen LogP contribution is 2.49. The van der Waals surface area contributed by atoms with Crippen molar-refractivity contribution in [1.82, 2.24) is 15.1 Å². The second-order valence-corrected chi connectivity index (χ2v) is 10.2. The summed E-state index contributed by atoms with van der Waals surface area (Å²) in [6, 6.07) is 3.15. The van der Waals surface area contributed by atoms with Gasteiger partial charge in [0, 0.05) is 38.7 Å². The monoisotopic (exact) mass is 436 g/mol. The minimum atomic E-state index is -3.23. The Hall–Kier alpha value is -2.20. The number of anilines is 1. The summed E-state index contributed by atoms with van der Waals surface area (Å²) in [7, 11) is -1.62. The third-order valence-electron chi connectivity index (χ3n) is 6.01. The van der Waals surface area contributed by atoms with Crippen molar-refractivity contribution in [3.05, 3.63) is 24.2 Å².